The van der Waals surface area contributed by atoms with E-state index in [1.165, 1.54) is 0 Å². The highest BCUT2D eigenvalue weighted by Crippen LogP contribution is 2.15. The first-order chi connectivity index (χ1) is 9.13. The topological polar surface area (TPSA) is 49.8 Å². The van der Waals surface area contributed by atoms with Gasteiger partial charge in [-0.2, -0.15) is 0 Å². The molecule has 104 valence electrons. The molecule has 0 spiro atoms. The summed E-state index contributed by atoms with van der Waals surface area (Å²) in [7, 11) is 0. The fourth-order valence-electron chi connectivity index (χ4n) is 2.23. The summed E-state index contributed by atoms with van der Waals surface area (Å²) >= 11 is 3.38. The molecule has 1 aromatic carbocycles. The predicted octanol–water partition coefficient (Wildman–Crippen LogP) is 1.80. The fraction of sp³-hybridized carbons (Fsp3) is 0.500. The molecule has 0 radical (unpaired) electrons. The van der Waals surface area contributed by atoms with Crippen LogP contribution in [-0.2, 0) is 10.1 Å². The highest BCUT2D eigenvalue weighted by Gasteiger charge is 2.28. The number of carbonyl (C=O) groups excluding carboxylic acids is 1. The first-order valence-electron chi connectivity index (χ1n) is 6.34. The second-order valence-corrected chi connectivity index (χ2v) is 5.35. The number of carbonyl (C=O) groups is 1. The standard InChI is InChI=1S/C14H18BrNO3/c1-10-7-16(8-13(9-17)19-10)14(18)12-4-2-11(6-15)3-5-12/h2-5,10,13,17H,6-9H2,1H3. The number of morpholine rings is 1. The van der Waals surface area contributed by atoms with Crippen molar-refractivity contribution in [1.82, 2.24) is 4.90 Å². The third kappa shape index (κ3) is 3.55. The molecule has 2 rings (SSSR count). The maximum Gasteiger partial charge on any atom is 0.254 e. The van der Waals surface area contributed by atoms with E-state index in [2.05, 4.69) is 15.9 Å². The average molecular weight is 328 g/mol. The Morgan fingerprint density at radius 3 is 2.68 bits per heavy atom. The Balaban J connectivity index is 2.09. The molecular formula is C14H18BrNO3. The monoisotopic (exact) mass is 327 g/mol. The van der Waals surface area contributed by atoms with E-state index >= 15 is 0 Å². The Kier molecular flexibility index (Phi) is 4.96. The SMILES string of the molecule is CC1CN(C(=O)c2ccc(CBr)cc2)CC(CO)O1. The van der Waals surface area contributed by atoms with Gasteiger partial charge in [0.25, 0.3) is 5.91 Å². The summed E-state index contributed by atoms with van der Waals surface area (Å²) in [6.07, 6.45) is -0.328. The molecule has 1 aromatic rings. The molecule has 0 aliphatic carbocycles. The van der Waals surface area contributed by atoms with Crippen molar-refractivity contribution in [3.05, 3.63) is 35.4 Å². The van der Waals surface area contributed by atoms with Gasteiger partial charge >= 0.3 is 0 Å². The zero-order valence-corrected chi connectivity index (χ0v) is 12.5. The maximum absolute atomic E-state index is 12.4. The van der Waals surface area contributed by atoms with Gasteiger partial charge in [-0.05, 0) is 24.6 Å². The molecule has 1 heterocycles. The van der Waals surface area contributed by atoms with Gasteiger partial charge < -0.3 is 14.7 Å². The molecule has 0 bridgehead atoms. The number of ether oxygens (including phenoxy) is 1. The van der Waals surface area contributed by atoms with Crippen LogP contribution >= 0.6 is 15.9 Å². The van der Waals surface area contributed by atoms with Gasteiger partial charge in [0.2, 0.25) is 0 Å². The lowest BCUT2D eigenvalue weighted by atomic mass is 10.1. The maximum atomic E-state index is 12.4. The van der Waals surface area contributed by atoms with E-state index in [9.17, 15) is 9.90 Å². The number of aliphatic hydroxyl groups is 1. The number of nitrogens with zero attached hydrogens (tertiary/aromatic N) is 1. The minimum absolute atomic E-state index is 0.00489. The highest BCUT2D eigenvalue weighted by atomic mass is 79.9. The number of amides is 1. The van der Waals surface area contributed by atoms with Crippen molar-refractivity contribution in [3.63, 3.8) is 0 Å². The molecule has 1 saturated heterocycles. The summed E-state index contributed by atoms with van der Waals surface area (Å²) < 4.78 is 5.54. The second kappa shape index (κ2) is 6.50. The van der Waals surface area contributed by atoms with E-state index in [0.29, 0.717) is 18.7 Å². The minimum atomic E-state index is -0.283. The van der Waals surface area contributed by atoms with E-state index in [1.807, 2.05) is 31.2 Å². The van der Waals surface area contributed by atoms with E-state index in [0.717, 1.165) is 10.9 Å². The molecule has 0 saturated carbocycles. The summed E-state index contributed by atoms with van der Waals surface area (Å²) in [5.41, 5.74) is 1.82. The van der Waals surface area contributed by atoms with E-state index in [-0.39, 0.29) is 24.7 Å². The van der Waals surface area contributed by atoms with Crippen molar-refractivity contribution in [2.75, 3.05) is 19.7 Å². The van der Waals surface area contributed by atoms with Gasteiger partial charge in [-0.3, -0.25) is 4.79 Å². The molecule has 1 fully saturated rings. The highest BCUT2D eigenvalue weighted by molar-refractivity contribution is 9.08. The summed E-state index contributed by atoms with van der Waals surface area (Å²) in [6, 6.07) is 7.56. The van der Waals surface area contributed by atoms with Crippen molar-refractivity contribution in [3.8, 4) is 0 Å². The number of rotatable bonds is 3. The van der Waals surface area contributed by atoms with E-state index in [1.54, 1.807) is 4.90 Å². The van der Waals surface area contributed by atoms with Crippen molar-refractivity contribution >= 4 is 21.8 Å². The molecule has 2 unspecified atom stereocenters. The van der Waals surface area contributed by atoms with Crippen LogP contribution in [0.2, 0.25) is 0 Å². The second-order valence-electron chi connectivity index (χ2n) is 4.79. The lowest BCUT2D eigenvalue weighted by Crippen LogP contribution is -2.50. The molecule has 1 amide bonds. The quantitative estimate of drug-likeness (QED) is 0.861. The van der Waals surface area contributed by atoms with Gasteiger partial charge in [0.05, 0.1) is 18.8 Å². The Hall–Kier alpha value is -0.910. The van der Waals surface area contributed by atoms with Crippen LogP contribution in [0.25, 0.3) is 0 Å². The van der Waals surface area contributed by atoms with Gasteiger partial charge in [-0.1, -0.05) is 28.1 Å². The van der Waals surface area contributed by atoms with Crippen molar-refractivity contribution < 1.29 is 14.6 Å². The summed E-state index contributed by atoms with van der Waals surface area (Å²) in [5.74, 6) is -0.00489. The van der Waals surface area contributed by atoms with Crippen LogP contribution in [-0.4, -0.2) is 47.8 Å². The van der Waals surface area contributed by atoms with E-state index < -0.39 is 0 Å². The number of aliphatic hydroxyl groups excluding tert-OH is 1. The number of alkyl halides is 1. The average Bonchev–Trinajstić information content (AvgIpc) is 2.46. The van der Waals surface area contributed by atoms with Crippen molar-refractivity contribution in [1.29, 1.82) is 0 Å². The number of benzene rings is 1. The summed E-state index contributed by atoms with van der Waals surface area (Å²) in [5, 5.41) is 9.96. The molecule has 1 N–H and O–H groups in total. The lowest BCUT2D eigenvalue weighted by Gasteiger charge is -2.36. The van der Waals surface area contributed by atoms with Crippen LogP contribution in [0.1, 0.15) is 22.8 Å². The molecule has 2 atom stereocenters. The zero-order valence-electron chi connectivity index (χ0n) is 10.9. The number of hydrogen-bond acceptors (Lipinski definition) is 3. The molecule has 19 heavy (non-hydrogen) atoms. The fourth-order valence-corrected chi connectivity index (χ4v) is 2.60. The van der Waals surface area contributed by atoms with Crippen LogP contribution in [0.3, 0.4) is 0 Å². The van der Waals surface area contributed by atoms with Crippen LogP contribution in [0.15, 0.2) is 24.3 Å². The molecule has 1 aliphatic rings. The molecular weight excluding hydrogens is 310 g/mol. The number of hydrogen-bond donors (Lipinski definition) is 1. The Morgan fingerprint density at radius 2 is 2.11 bits per heavy atom. The molecule has 0 aromatic heterocycles. The van der Waals surface area contributed by atoms with Gasteiger partial charge in [-0.25, -0.2) is 0 Å². The van der Waals surface area contributed by atoms with Crippen LogP contribution in [0.5, 0.6) is 0 Å². The van der Waals surface area contributed by atoms with Crippen molar-refractivity contribution in [2.45, 2.75) is 24.5 Å². The van der Waals surface area contributed by atoms with E-state index in [4.69, 9.17) is 4.74 Å². The first kappa shape index (κ1) is 14.5. The molecule has 5 heteroatoms. The predicted molar refractivity (Wildman–Crippen MR) is 76.4 cm³/mol. The Morgan fingerprint density at radius 1 is 1.42 bits per heavy atom. The Labute approximate surface area is 121 Å². The third-order valence-corrected chi connectivity index (χ3v) is 3.82. The van der Waals surface area contributed by atoms with Crippen LogP contribution in [0, 0.1) is 0 Å². The van der Waals surface area contributed by atoms with Gasteiger partial charge in [0.15, 0.2) is 0 Å². The van der Waals surface area contributed by atoms with Gasteiger partial charge in [-0.15, -0.1) is 0 Å². The smallest absolute Gasteiger partial charge is 0.254 e. The van der Waals surface area contributed by atoms with Crippen LogP contribution in [0.4, 0.5) is 0 Å². The lowest BCUT2D eigenvalue weighted by molar-refractivity contribution is -0.0858. The van der Waals surface area contributed by atoms with Crippen LogP contribution < -0.4 is 0 Å². The first-order valence-corrected chi connectivity index (χ1v) is 7.46. The largest absolute Gasteiger partial charge is 0.394 e. The Bertz CT molecular complexity index is 435. The van der Waals surface area contributed by atoms with Gasteiger partial charge in [0, 0.05) is 24.0 Å². The normalized spacial score (nSPS) is 23.4. The minimum Gasteiger partial charge on any atom is -0.394 e. The molecule has 1 aliphatic heterocycles. The number of halogens is 1. The van der Waals surface area contributed by atoms with Gasteiger partial charge in [0.1, 0.15) is 0 Å². The van der Waals surface area contributed by atoms with Crippen molar-refractivity contribution in [2.24, 2.45) is 0 Å². The summed E-state index contributed by atoms with van der Waals surface area (Å²) in [4.78, 5) is 14.1. The molecule has 4 nitrogen and oxygen atoms in total. The summed E-state index contributed by atoms with van der Waals surface area (Å²) in [6.45, 7) is 2.86. The zero-order chi connectivity index (χ0) is 13.8. The third-order valence-electron chi connectivity index (χ3n) is 3.17.